The van der Waals surface area contributed by atoms with E-state index in [1.54, 1.807) is 12.3 Å². The van der Waals surface area contributed by atoms with E-state index in [2.05, 4.69) is 39.4 Å². The number of hydrogen-bond acceptors (Lipinski definition) is 5. The van der Waals surface area contributed by atoms with Gasteiger partial charge in [0.2, 0.25) is 0 Å². The minimum absolute atomic E-state index is 0.0299. The highest BCUT2D eigenvalue weighted by atomic mass is 32.2. The Morgan fingerprint density at radius 3 is 2.71 bits per heavy atom. The molecule has 0 saturated carbocycles. The zero-order valence-electron chi connectivity index (χ0n) is 11.0. The molecule has 3 rings (SSSR count). The lowest BCUT2D eigenvalue weighted by molar-refractivity contribution is 0.318. The minimum atomic E-state index is -0.0299. The Balaban J connectivity index is 1.91. The van der Waals surface area contributed by atoms with Gasteiger partial charge < -0.3 is 10.9 Å². The van der Waals surface area contributed by atoms with Gasteiger partial charge in [-0.25, -0.2) is 9.97 Å². The summed E-state index contributed by atoms with van der Waals surface area (Å²) in [5.74, 6) is -0.0299. The number of rotatable bonds is 3. The van der Waals surface area contributed by atoms with Crippen molar-refractivity contribution in [1.82, 2.24) is 9.97 Å². The summed E-state index contributed by atoms with van der Waals surface area (Å²) in [6, 6.07) is 15.9. The van der Waals surface area contributed by atoms with Crippen LogP contribution in [0.25, 0.3) is 10.8 Å². The Labute approximate surface area is 125 Å². The van der Waals surface area contributed by atoms with Crippen LogP contribution in [0.1, 0.15) is 5.69 Å². The molecule has 2 aromatic carbocycles. The van der Waals surface area contributed by atoms with Gasteiger partial charge in [-0.2, -0.15) is 0 Å². The average Bonchev–Trinajstić information content (AvgIpc) is 2.54. The van der Waals surface area contributed by atoms with Crippen LogP contribution >= 0.6 is 11.8 Å². The first-order valence-electron chi connectivity index (χ1n) is 6.24. The zero-order valence-corrected chi connectivity index (χ0v) is 11.8. The third-order valence-electron chi connectivity index (χ3n) is 2.93. The fourth-order valence-electron chi connectivity index (χ4n) is 1.92. The fraction of sp³-hybridized carbons (Fsp3) is 0. The van der Waals surface area contributed by atoms with E-state index < -0.39 is 0 Å². The van der Waals surface area contributed by atoms with Crippen molar-refractivity contribution in [2.75, 3.05) is 0 Å². The van der Waals surface area contributed by atoms with Gasteiger partial charge in [0, 0.05) is 11.1 Å². The SMILES string of the molecule is N/C(=N/O)c1ccnc(Sc2ccc3ccccc3c2)n1. The summed E-state index contributed by atoms with van der Waals surface area (Å²) in [5.41, 5.74) is 5.93. The van der Waals surface area contributed by atoms with Gasteiger partial charge in [0.15, 0.2) is 11.0 Å². The van der Waals surface area contributed by atoms with Crippen molar-refractivity contribution in [1.29, 1.82) is 0 Å². The van der Waals surface area contributed by atoms with Crippen molar-refractivity contribution < 1.29 is 5.21 Å². The Kier molecular flexibility index (Phi) is 3.70. The van der Waals surface area contributed by atoms with E-state index in [9.17, 15) is 0 Å². The number of nitrogens with zero attached hydrogens (tertiary/aromatic N) is 3. The third-order valence-corrected chi connectivity index (χ3v) is 3.80. The summed E-state index contributed by atoms with van der Waals surface area (Å²) in [6.07, 6.45) is 1.59. The first kappa shape index (κ1) is 13.4. The number of fused-ring (bicyclic) bond motifs is 1. The molecule has 3 aromatic rings. The molecule has 0 saturated heterocycles. The van der Waals surface area contributed by atoms with E-state index in [1.165, 1.54) is 17.1 Å². The number of aromatic nitrogens is 2. The van der Waals surface area contributed by atoms with Gasteiger partial charge >= 0.3 is 0 Å². The molecule has 21 heavy (non-hydrogen) atoms. The predicted molar refractivity (Wildman–Crippen MR) is 82.6 cm³/mol. The van der Waals surface area contributed by atoms with E-state index >= 15 is 0 Å². The molecule has 0 aliphatic carbocycles. The number of oxime groups is 1. The molecule has 0 amide bonds. The average molecular weight is 296 g/mol. The van der Waals surface area contributed by atoms with Crippen LogP contribution in [0.5, 0.6) is 0 Å². The highest BCUT2D eigenvalue weighted by Gasteiger charge is 2.06. The Hall–Kier alpha value is -2.60. The minimum Gasteiger partial charge on any atom is -0.409 e. The van der Waals surface area contributed by atoms with Crippen LogP contribution in [0.3, 0.4) is 0 Å². The maximum absolute atomic E-state index is 8.68. The van der Waals surface area contributed by atoms with E-state index in [1.807, 2.05) is 18.2 Å². The molecule has 104 valence electrons. The largest absolute Gasteiger partial charge is 0.409 e. The van der Waals surface area contributed by atoms with Gasteiger partial charge in [0.25, 0.3) is 0 Å². The number of benzene rings is 2. The molecular formula is C15H12N4OS. The van der Waals surface area contributed by atoms with Crippen LogP contribution in [0.15, 0.2) is 69.9 Å². The Bertz CT molecular complexity index is 819. The van der Waals surface area contributed by atoms with Crippen molar-refractivity contribution in [3.05, 3.63) is 60.4 Å². The van der Waals surface area contributed by atoms with E-state index in [0.29, 0.717) is 10.9 Å². The van der Waals surface area contributed by atoms with Crippen molar-refractivity contribution in [3.63, 3.8) is 0 Å². The zero-order chi connectivity index (χ0) is 14.7. The van der Waals surface area contributed by atoms with E-state index in [-0.39, 0.29) is 5.84 Å². The first-order valence-corrected chi connectivity index (χ1v) is 7.05. The number of hydrogen-bond donors (Lipinski definition) is 2. The number of nitrogens with two attached hydrogens (primary N) is 1. The molecule has 5 nitrogen and oxygen atoms in total. The molecule has 0 unspecified atom stereocenters. The molecule has 3 N–H and O–H groups in total. The fourth-order valence-corrected chi connectivity index (χ4v) is 2.71. The Morgan fingerprint density at radius 1 is 1.10 bits per heavy atom. The summed E-state index contributed by atoms with van der Waals surface area (Å²) in [6.45, 7) is 0. The maximum atomic E-state index is 8.68. The van der Waals surface area contributed by atoms with Gasteiger partial charge in [0.05, 0.1) is 0 Å². The lowest BCUT2D eigenvalue weighted by Gasteiger charge is -2.04. The van der Waals surface area contributed by atoms with Gasteiger partial charge in [-0.1, -0.05) is 35.5 Å². The van der Waals surface area contributed by atoms with E-state index in [0.717, 1.165) is 10.3 Å². The first-order chi connectivity index (χ1) is 10.3. The molecule has 6 heteroatoms. The third kappa shape index (κ3) is 2.95. The second-order valence-electron chi connectivity index (χ2n) is 4.32. The highest BCUT2D eigenvalue weighted by molar-refractivity contribution is 7.99. The lowest BCUT2D eigenvalue weighted by atomic mass is 10.1. The van der Waals surface area contributed by atoms with Gasteiger partial charge in [-0.15, -0.1) is 0 Å². The van der Waals surface area contributed by atoms with Crippen LogP contribution in [0.4, 0.5) is 0 Å². The maximum Gasteiger partial charge on any atom is 0.193 e. The second kappa shape index (κ2) is 5.80. The van der Waals surface area contributed by atoms with Crippen molar-refractivity contribution in [3.8, 4) is 0 Å². The molecule has 1 aromatic heterocycles. The highest BCUT2D eigenvalue weighted by Crippen LogP contribution is 2.27. The molecule has 0 fully saturated rings. The molecule has 1 heterocycles. The lowest BCUT2D eigenvalue weighted by Crippen LogP contribution is -2.15. The van der Waals surface area contributed by atoms with Crippen LogP contribution < -0.4 is 5.73 Å². The van der Waals surface area contributed by atoms with Crippen molar-refractivity contribution >= 4 is 28.4 Å². The molecule has 0 spiro atoms. The summed E-state index contributed by atoms with van der Waals surface area (Å²) in [5, 5.41) is 14.5. The standard InChI is InChI=1S/C15H12N4OS/c16-14(19-20)13-7-8-17-15(18-13)21-12-6-5-10-3-1-2-4-11(10)9-12/h1-9,20H,(H2,16,19). The molecular weight excluding hydrogens is 284 g/mol. The number of amidine groups is 1. The van der Waals surface area contributed by atoms with E-state index in [4.69, 9.17) is 10.9 Å². The summed E-state index contributed by atoms with van der Waals surface area (Å²) >= 11 is 1.43. The summed E-state index contributed by atoms with van der Waals surface area (Å²) in [7, 11) is 0. The summed E-state index contributed by atoms with van der Waals surface area (Å²) < 4.78 is 0. The molecule has 0 aliphatic rings. The molecule has 0 radical (unpaired) electrons. The van der Waals surface area contributed by atoms with Gasteiger partial charge in [-0.3, -0.25) is 0 Å². The van der Waals surface area contributed by atoms with Crippen molar-refractivity contribution in [2.45, 2.75) is 10.1 Å². The normalized spacial score (nSPS) is 11.7. The van der Waals surface area contributed by atoms with Crippen LogP contribution in [0, 0.1) is 0 Å². The predicted octanol–water partition coefficient (Wildman–Crippen LogP) is 2.88. The molecule has 0 bridgehead atoms. The molecule has 0 atom stereocenters. The van der Waals surface area contributed by atoms with Gasteiger partial charge in [0.1, 0.15) is 5.69 Å². The summed E-state index contributed by atoms with van der Waals surface area (Å²) in [4.78, 5) is 9.48. The quantitative estimate of drug-likeness (QED) is 0.255. The monoisotopic (exact) mass is 296 g/mol. The van der Waals surface area contributed by atoms with Gasteiger partial charge in [-0.05, 0) is 40.7 Å². The van der Waals surface area contributed by atoms with Crippen molar-refractivity contribution in [2.24, 2.45) is 10.9 Å². The smallest absolute Gasteiger partial charge is 0.193 e. The second-order valence-corrected chi connectivity index (χ2v) is 5.36. The Morgan fingerprint density at radius 2 is 1.90 bits per heavy atom. The molecule has 0 aliphatic heterocycles. The van der Waals surface area contributed by atoms with Crippen LogP contribution in [-0.4, -0.2) is 21.0 Å². The van der Waals surface area contributed by atoms with Crippen LogP contribution in [0.2, 0.25) is 0 Å². The topological polar surface area (TPSA) is 84.4 Å². The van der Waals surface area contributed by atoms with Crippen LogP contribution in [-0.2, 0) is 0 Å².